The Morgan fingerprint density at radius 3 is 2.38 bits per heavy atom. The van der Waals surface area contributed by atoms with Crippen molar-refractivity contribution in [3.05, 3.63) is 23.8 Å². The van der Waals surface area contributed by atoms with Crippen molar-refractivity contribution < 1.29 is 77.9 Å². The van der Waals surface area contributed by atoms with Crippen LogP contribution in [0.3, 0.4) is 0 Å². The van der Waals surface area contributed by atoms with Gasteiger partial charge in [0.1, 0.15) is 6.10 Å². The van der Waals surface area contributed by atoms with Gasteiger partial charge >= 0.3 is 43.1 Å². The summed E-state index contributed by atoms with van der Waals surface area (Å²) < 4.78 is 29.5. The maximum Gasteiger partial charge on any atom is 1.00 e. The minimum absolute atomic E-state index is 0. The number of allylic oxidation sites excluding steroid dienone is 2. The van der Waals surface area contributed by atoms with Gasteiger partial charge < -0.3 is 39.0 Å². The Kier molecular flexibility index (Phi) is 14.8. The van der Waals surface area contributed by atoms with Gasteiger partial charge in [-0.1, -0.05) is 25.2 Å². The molecule has 3 N–H and O–H groups in total. The number of carbonyl (C=O) groups is 2. The van der Waals surface area contributed by atoms with E-state index in [4.69, 9.17) is 13.8 Å². The molecule has 12 heteroatoms. The molecule has 2 aliphatic rings. The van der Waals surface area contributed by atoms with Crippen LogP contribution in [0.25, 0.3) is 0 Å². The Hall–Kier alpha value is -0.550. The van der Waals surface area contributed by atoms with E-state index in [9.17, 15) is 34.6 Å². The molecule has 2 rings (SSSR count). The van der Waals surface area contributed by atoms with Crippen LogP contribution >= 0.6 is 7.60 Å². The second-order valence-electron chi connectivity index (χ2n) is 9.60. The third-order valence-corrected chi connectivity index (χ3v) is 9.25. The normalized spacial score (nSPS) is 27.8. The van der Waals surface area contributed by atoms with Crippen LogP contribution in [-0.4, -0.2) is 70.5 Å². The van der Waals surface area contributed by atoms with Crippen LogP contribution in [0.15, 0.2) is 23.8 Å². The number of carbonyl (C=O) groups excluding carboxylic acids is 2. The number of hydrogen-bond acceptors (Lipinski definition) is 10. The second kappa shape index (κ2) is 15.9. The molecular formula is C25H40NaO10P. The molecule has 0 amide bonds. The summed E-state index contributed by atoms with van der Waals surface area (Å²) in [6.07, 6.45) is 2.38. The van der Waals surface area contributed by atoms with Crippen LogP contribution in [0.1, 0.15) is 59.8 Å². The van der Waals surface area contributed by atoms with E-state index >= 15 is 0 Å². The predicted octanol–water partition coefficient (Wildman–Crippen LogP) is -1.28. The Bertz CT molecular complexity index is 852. The van der Waals surface area contributed by atoms with Crippen molar-refractivity contribution in [2.45, 2.75) is 89.9 Å². The Morgan fingerprint density at radius 2 is 1.81 bits per heavy atom. The van der Waals surface area contributed by atoms with Crippen molar-refractivity contribution in [3.63, 3.8) is 0 Å². The van der Waals surface area contributed by atoms with Gasteiger partial charge in [-0.3, -0.25) is 9.36 Å². The molecule has 0 saturated heterocycles. The van der Waals surface area contributed by atoms with Gasteiger partial charge in [0.2, 0.25) is 0 Å². The molecule has 0 fully saturated rings. The number of carboxylic acid groups (broad SMARTS) is 1. The van der Waals surface area contributed by atoms with Gasteiger partial charge in [-0.15, -0.1) is 0 Å². The van der Waals surface area contributed by atoms with Gasteiger partial charge in [-0.25, -0.2) is 0 Å². The zero-order chi connectivity index (χ0) is 27.0. The van der Waals surface area contributed by atoms with E-state index in [0.29, 0.717) is 12.8 Å². The molecule has 0 unspecified atom stereocenters. The van der Waals surface area contributed by atoms with Crippen LogP contribution < -0.4 is 34.7 Å². The standard InChI is InChI=1S/C25H41O10P.Na/c1-5-33-36(32,34-6-2)16(4)25(31)35-22-13-19(27)11-17-8-7-15(3)21(24(17)22)10-9-18(26)12-20(28)14-23(29)30;/h7-8,11,15-16,18-22,24,26-28H,5-6,9-10,12-14H2,1-4H3,(H,29,30);/q;+1/p-1/t15-,16-,18+,19+,20+,21-,22-,24-;/m0./s1. The number of ether oxygens (including phenoxy) is 1. The fraction of sp³-hybridized carbons (Fsp3) is 0.760. The summed E-state index contributed by atoms with van der Waals surface area (Å²) in [7, 11) is -3.73. The Morgan fingerprint density at radius 1 is 1.19 bits per heavy atom. The van der Waals surface area contributed by atoms with Gasteiger partial charge in [0.05, 0.1) is 31.5 Å². The van der Waals surface area contributed by atoms with Gasteiger partial charge in [0.25, 0.3) is 0 Å². The average molecular weight is 555 g/mol. The molecule has 0 aliphatic heterocycles. The zero-order valence-corrected chi connectivity index (χ0v) is 25.3. The number of fused-ring (bicyclic) bond motifs is 1. The van der Waals surface area contributed by atoms with Crippen LogP contribution in [0, 0.1) is 17.8 Å². The van der Waals surface area contributed by atoms with Crippen molar-refractivity contribution in [1.82, 2.24) is 0 Å². The quantitative estimate of drug-likeness (QED) is 0.134. The van der Waals surface area contributed by atoms with Gasteiger partial charge in [-0.05, 0) is 57.4 Å². The molecule has 0 bridgehead atoms. The van der Waals surface area contributed by atoms with Gasteiger partial charge in [0, 0.05) is 24.7 Å². The van der Waals surface area contributed by atoms with E-state index in [-0.39, 0.29) is 73.4 Å². The molecule has 37 heavy (non-hydrogen) atoms. The summed E-state index contributed by atoms with van der Waals surface area (Å²) in [5, 5.41) is 41.3. The molecule has 0 aromatic rings. The number of aliphatic hydroxyl groups excluding tert-OH is 3. The third kappa shape index (κ3) is 9.85. The van der Waals surface area contributed by atoms with E-state index < -0.39 is 56.0 Å². The molecule has 10 nitrogen and oxygen atoms in total. The Labute approximate surface area is 241 Å². The van der Waals surface area contributed by atoms with E-state index in [1.165, 1.54) is 6.92 Å². The molecule has 2 aliphatic carbocycles. The number of aliphatic hydroxyl groups is 3. The van der Waals surface area contributed by atoms with Crippen LogP contribution in [0.4, 0.5) is 0 Å². The first-order chi connectivity index (χ1) is 16.9. The van der Waals surface area contributed by atoms with Gasteiger partial charge in [0.15, 0.2) is 5.66 Å². The maximum absolute atomic E-state index is 13.1. The van der Waals surface area contributed by atoms with Crippen molar-refractivity contribution in [2.75, 3.05) is 13.2 Å². The van der Waals surface area contributed by atoms with Crippen molar-refractivity contribution in [2.24, 2.45) is 17.8 Å². The minimum Gasteiger partial charge on any atom is -0.550 e. The summed E-state index contributed by atoms with van der Waals surface area (Å²) in [5.74, 6) is -2.36. The predicted molar refractivity (Wildman–Crippen MR) is 130 cm³/mol. The second-order valence-corrected chi connectivity index (χ2v) is 12.0. The molecule has 206 valence electrons. The molecule has 0 aromatic heterocycles. The molecule has 0 spiro atoms. The first-order valence-corrected chi connectivity index (χ1v) is 14.3. The van der Waals surface area contributed by atoms with Crippen LogP contribution in [0.2, 0.25) is 0 Å². The van der Waals surface area contributed by atoms with Gasteiger partial charge in [-0.2, -0.15) is 0 Å². The fourth-order valence-electron chi connectivity index (χ4n) is 5.08. The number of rotatable bonds is 14. The van der Waals surface area contributed by atoms with Crippen molar-refractivity contribution in [1.29, 1.82) is 0 Å². The fourth-order valence-corrected chi connectivity index (χ4v) is 6.64. The summed E-state index contributed by atoms with van der Waals surface area (Å²) in [6.45, 7) is 6.99. The van der Waals surface area contributed by atoms with E-state index in [0.717, 1.165) is 5.57 Å². The molecule has 0 radical (unpaired) electrons. The van der Waals surface area contributed by atoms with Crippen molar-refractivity contribution >= 4 is 19.5 Å². The van der Waals surface area contributed by atoms with Crippen LogP contribution in [0.5, 0.6) is 0 Å². The summed E-state index contributed by atoms with van der Waals surface area (Å²) in [6, 6.07) is 0. The first-order valence-electron chi connectivity index (χ1n) is 12.6. The third-order valence-electron chi connectivity index (χ3n) is 6.85. The smallest absolute Gasteiger partial charge is 0.550 e. The van der Waals surface area contributed by atoms with E-state index in [1.54, 1.807) is 19.9 Å². The summed E-state index contributed by atoms with van der Waals surface area (Å²) in [4.78, 5) is 23.7. The average Bonchev–Trinajstić information content (AvgIpc) is 2.77. The van der Waals surface area contributed by atoms with E-state index in [1.807, 2.05) is 19.1 Å². The molecule has 0 aromatic carbocycles. The van der Waals surface area contributed by atoms with Crippen molar-refractivity contribution in [3.8, 4) is 0 Å². The van der Waals surface area contributed by atoms with E-state index in [2.05, 4.69) is 0 Å². The zero-order valence-electron chi connectivity index (χ0n) is 22.4. The summed E-state index contributed by atoms with van der Waals surface area (Å²) in [5.41, 5.74) is -0.322. The number of carboxylic acids is 1. The topological polar surface area (TPSA) is 163 Å². The number of hydrogen-bond donors (Lipinski definition) is 3. The maximum atomic E-state index is 13.1. The molecule has 8 atom stereocenters. The first kappa shape index (κ1) is 34.5. The largest absolute Gasteiger partial charge is 1.00 e. The molecular weight excluding hydrogens is 514 g/mol. The Balaban J connectivity index is 0.00000684. The number of aliphatic carboxylic acids is 1. The molecule has 0 heterocycles. The SMILES string of the molecule is CCOP(=O)(OCC)[C@@H](C)C(=O)O[C@H]1C[C@H](O)C=C2C=C[C@H](C)[C@H](CC[C@@H](O)C[C@@H](O)CC(=O)[O-])[C@H]21.[Na+]. The summed E-state index contributed by atoms with van der Waals surface area (Å²) >= 11 is 0. The molecule has 0 saturated carbocycles. The minimum atomic E-state index is -3.73. The van der Waals surface area contributed by atoms with Crippen LogP contribution in [-0.2, 0) is 27.9 Å². The number of esters is 1. The monoisotopic (exact) mass is 554 g/mol.